The highest BCUT2D eigenvalue weighted by atomic mass is 32.1. The van der Waals surface area contributed by atoms with Crippen molar-refractivity contribution >= 4 is 11.3 Å². The number of benzene rings is 1. The van der Waals surface area contributed by atoms with Gasteiger partial charge in [0.05, 0.1) is 18.4 Å². The van der Waals surface area contributed by atoms with Crippen molar-refractivity contribution in [2.45, 2.75) is 63.3 Å². The molecular weight excluding hydrogens is 410 g/mol. The van der Waals surface area contributed by atoms with Gasteiger partial charge in [0.25, 0.3) is 0 Å². The quantitative estimate of drug-likeness (QED) is 0.686. The van der Waals surface area contributed by atoms with E-state index in [9.17, 15) is 5.11 Å². The molecule has 2 fully saturated rings. The number of β-amino-alcohol motifs (C(OH)–C–C–N with tert-alkyl or cyclic N) is 1. The predicted molar refractivity (Wildman–Crippen MR) is 122 cm³/mol. The first-order valence-electron chi connectivity index (χ1n) is 11.7. The van der Waals surface area contributed by atoms with E-state index in [0.717, 1.165) is 54.7 Å². The van der Waals surface area contributed by atoms with Crippen LogP contribution in [-0.2, 0) is 13.0 Å². The van der Waals surface area contributed by atoms with Gasteiger partial charge in [-0.2, -0.15) is 0 Å². The number of ether oxygens (including phenoxy) is 1. The lowest BCUT2D eigenvalue weighted by Crippen LogP contribution is -2.50. The van der Waals surface area contributed by atoms with Crippen LogP contribution in [0.5, 0.6) is 5.75 Å². The van der Waals surface area contributed by atoms with E-state index in [2.05, 4.69) is 34.1 Å². The Morgan fingerprint density at radius 3 is 2.61 bits per heavy atom. The number of piperidine rings is 1. The summed E-state index contributed by atoms with van der Waals surface area (Å²) in [6, 6.07) is 9.12. The Hall–Kier alpha value is -1.51. The van der Waals surface area contributed by atoms with Crippen molar-refractivity contribution < 1.29 is 14.9 Å². The molecule has 168 valence electrons. The van der Waals surface area contributed by atoms with Gasteiger partial charge in [-0.3, -0.25) is 4.90 Å². The molecule has 0 radical (unpaired) electrons. The largest absolute Gasteiger partial charge is 0.490 e. The normalized spacial score (nSPS) is 25.6. The zero-order chi connectivity index (χ0) is 21.2. The number of fused-ring (bicyclic) bond motifs is 1. The van der Waals surface area contributed by atoms with Crippen LogP contribution < -0.4 is 4.74 Å². The number of aromatic nitrogens is 1. The molecule has 5 rings (SSSR count). The molecule has 0 spiro atoms. The summed E-state index contributed by atoms with van der Waals surface area (Å²) in [4.78, 5) is 11.0. The van der Waals surface area contributed by atoms with Gasteiger partial charge in [-0.1, -0.05) is 6.42 Å². The average Bonchev–Trinajstić information content (AvgIpc) is 3.20. The summed E-state index contributed by atoms with van der Waals surface area (Å²) >= 11 is 1.74. The van der Waals surface area contributed by atoms with Gasteiger partial charge in [0.1, 0.15) is 16.9 Å². The topological polar surface area (TPSA) is 69.1 Å². The van der Waals surface area contributed by atoms with Crippen molar-refractivity contribution in [3.63, 3.8) is 0 Å². The number of aliphatic hydroxyl groups is 2. The molecule has 1 aromatic heterocycles. The van der Waals surface area contributed by atoms with Crippen molar-refractivity contribution in [2.24, 2.45) is 0 Å². The van der Waals surface area contributed by atoms with Crippen LogP contribution in [0.1, 0.15) is 42.7 Å². The van der Waals surface area contributed by atoms with Gasteiger partial charge in [-0.25, -0.2) is 4.98 Å². The first-order chi connectivity index (χ1) is 15.2. The highest BCUT2D eigenvalue weighted by Gasteiger charge is 2.35. The SMILES string of the molecule is OC[C@@H](O)CN1CCc2nc(-c3ccc(O[C@H]4C[C@H](N5CCCCC5)C4)cc3)sc2C1. The van der Waals surface area contributed by atoms with Crippen LogP contribution in [0.4, 0.5) is 0 Å². The number of aliphatic hydroxyl groups excluding tert-OH is 2. The van der Waals surface area contributed by atoms with E-state index in [-0.39, 0.29) is 6.61 Å². The molecule has 7 heteroatoms. The highest BCUT2D eigenvalue weighted by molar-refractivity contribution is 7.15. The van der Waals surface area contributed by atoms with E-state index in [1.165, 1.54) is 42.9 Å². The Bertz CT molecular complexity index is 859. The molecule has 0 amide bonds. The van der Waals surface area contributed by atoms with Crippen LogP contribution >= 0.6 is 11.3 Å². The summed E-state index contributed by atoms with van der Waals surface area (Å²) in [5.41, 5.74) is 2.31. The zero-order valence-corrected chi connectivity index (χ0v) is 18.9. The van der Waals surface area contributed by atoms with Gasteiger partial charge in [-0.15, -0.1) is 11.3 Å². The molecule has 1 atom stereocenters. The summed E-state index contributed by atoms with van der Waals surface area (Å²) in [5.74, 6) is 0.955. The van der Waals surface area contributed by atoms with Crippen LogP contribution in [0, 0.1) is 0 Å². The second-order valence-electron chi connectivity index (χ2n) is 9.20. The Balaban J connectivity index is 1.15. The zero-order valence-electron chi connectivity index (χ0n) is 18.1. The van der Waals surface area contributed by atoms with Crippen molar-refractivity contribution in [3.05, 3.63) is 34.8 Å². The van der Waals surface area contributed by atoms with Gasteiger partial charge in [0.15, 0.2) is 0 Å². The van der Waals surface area contributed by atoms with Crippen LogP contribution in [0.25, 0.3) is 10.6 Å². The van der Waals surface area contributed by atoms with Crippen LogP contribution in [0.3, 0.4) is 0 Å². The lowest BCUT2D eigenvalue weighted by Gasteiger charge is -2.44. The van der Waals surface area contributed by atoms with E-state index in [4.69, 9.17) is 14.8 Å². The van der Waals surface area contributed by atoms with Gasteiger partial charge in [-0.05, 0) is 50.2 Å². The van der Waals surface area contributed by atoms with Crippen LogP contribution in [0.15, 0.2) is 24.3 Å². The first-order valence-corrected chi connectivity index (χ1v) is 12.5. The number of thiazole rings is 1. The van der Waals surface area contributed by atoms with Crippen molar-refractivity contribution in [1.82, 2.24) is 14.8 Å². The molecular formula is C24H33N3O3S. The lowest BCUT2D eigenvalue weighted by molar-refractivity contribution is 0.00893. The monoisotopic (exact) mass is 443 g/mol. The van der Waals surface area contributed by atoms with Crippen LogP contribution in [0.2, 0.25) is 0 Å². The summed E-state index contributed by atoms with van der Waals surface area (Å²) in [6.07, 6.45) is 6.98. The summed E-state index contributed by atoms with van der Waals surface area (Å²) in [7, 11) is 0. The smallest absolute Gasteiger partial charge is 0.123 e. The van der Waals surface area contributed by atoms with E-state index >= 15 is 0 Å². The fourth-order valence-corrected chi connectivity index (χ4v) is 6.12. The molecule has 31 heavy (non-hydrogen) atoms. The summed E-state index contributed by atoms with van der Waals surface area (Å²) in [6.45, 7) is 4.53. The third-order valence-corrected chi connectivity index (χ3v) is 8.00. The van der Waals surface area contributed by atoms with E-state index < -0.39 is 6.10 Å². The molecule has 2 aliphatic heterocycles. The molecule has 1 aromatic carbocycles. The molecule has 3 heterocycles. The molecule has 1 saturated heterocycles. The Labute approximate surface area is 188 Å². The van der Waals surface area contributed by atoms with E-state index in [1.807, 2.05) is 0 Å². The molecule has 0 bridgehead atoms. The average molecular weight is 444 g/mol. The van der Waals surface area contributed by atoms with Crippen molar-refractivity contribution in [1.29, 1.82) is 0 Å². The predicted octanol–water partition coefficient (Wildman–Crippen LogP) is 2.92. The second-order valence-corrected chi connectivity index (χ2v) is 10.3. The number of nitrogens with zero attached hydrogens (tertiary/aromatic N) is 3. The van der Waals surface area contributed by atoms with Gasteiger partial charge >= 0.3 is 0 Å². The van der Waals surface area contributed by atoms with E-state index in [1.54, 1.807) is 11.3 Å². The van der Waals surface area contributed by atoms with Crippen molar-refractivity contribution in [3.8, 4) is 16.3 Å². The van der Waals surface area contributed by atoms with Gasteiger partial charge in [0.2, 0.25) is 0 Å². The Morgan fingerprint density at radius 1 is 1.10 bits per heavy atom. The summed E-state index contributed by atoms with van der Waals surface area (Å²) in [5, 5.41) is 19.8. The minimum absolute atomic E-state index is 0.189. The molecule has 3 aliphatic rings. The Kier molecular flexibility index (Phi) is 6.57. The maximum absolute atomic E-state index is 9.71. The standard InChI is InChI=1S/C24H33N3O3S/c28-16-19(29)14-26-11-8-22-23(15-26)31-24(25-22)17-4-6-20(7-5-17)30-21-12-18(13-21)27-9-2-1-3-10-27/h4-7,18-19,21,28-29H,1-3,8-16H2/t18-,19-,21-/m0/s1. The lowest BCUT2D eigenvalue weighted by atomic mass is 9.86. The number of rotatable bonds is 7. The number of likely N-dealkylation sites (tertiary alicyclic amines) is 1. The molecule has 1 saturated carbocycles. The minimum atomic E-state index is -0.674. The fraction of sp³-hybridized carbons (Fsp3) is 0.625. The molecule has 6 nitrogen and oxygen atoms in total. The highest BCUT2D eigenvalue weighted by Crippen LogP contribution is 2.34. The van der Waals surface area contributed by atoms with E-state index in [0.29, 0.717) is 12.6 Å². The van der Waals surface area contributed by atoms with Gasteiger partial charge < -0.3 is 19.8 Å². The van der Waals surface area contributed by atoms with Gasteiger partial charge in [0, 0.05) is 55.4 Å². The Morgan fingerprint density at radius 2 is 1.87 bits per heavy atom. The number of hydrogen-bond acceptors (Lipinski definition) is 7. The summed E-state index contributed by atoms with van der Waals surface area (Å²) < 4.78 is 6.21. The second kappa shape index (κ2) is 9.55. The third kappa shape index (κ3) is 4.96. The number of hydrogen-bond donors (Lipinski definition) is 2. The fourth-order valence-electron chi connectivity index (χ4n) is 4.97. The molecule has 1 aliphatic carbocycles. The van der Waals surface area contributed by atoms with Crippen LogP contribution in [-0.4, -0.2) is 76.0 Å². The maximum atomic E-state index is 9.71. The molecule has 2 N–H and O–H groups in total. The third-order valence-electron chi connectivity index (χ3n) is 6.87. The minimum Gasteiger partial charge on any atom is -0.490 e. The maximum Gasteiger partial charge on any atom is 0.123 e. The molecule has 2 aromatic rings. The molecule has 0 unspecified atom stereocenters. The first kappa shape index (κ1) is 21.3. The van der Waals surface area contributed by atoms with Crippen molar-refractivity contribution in [2.75, 3.05) is 32.8 Å².